The highest BCUT2D eigenvalue weighted by molar-refractivity contribution is 6.30. The molecule has 3 aromatic rings. The fourth-order valence-corrected chi connectivity index (χ4v) is 4.31. The first-order chi connectivity index (χ1) is 15.0. The predicted octanol–water partition coefficient (Wildman–Crippen LogP) is 4.09. The van der Waals surface area contributed by atoms with E-state index in [0.717, 1.165) is 72.9 Å². The van der Waals surface area contributed by atoms with Crippen LogP contribution in [0.5, 0.6) is 5.75 Å². The van der Waals surface area contributed by atoms with Gasteiger partial charge in [0.05, 0.1) is 12.1 Å². The second kappa shape index (κ2) is 9.86. The summed E-state index contributed by atoms with van der Waals surface area (Å²) in [5.74, 6) is 0.863. The zero-order chi connectivity index (χ0) is 21.8. The van der Waals surface area contributed by atoms with Crippen LogP contribution in [0.25, 0.3) is 10.9 Å². The molecule has 4 rings (SSSR count). The summed E-state index contributed by atoms with van der Waals surface area (Å²) in [4.78, 5) is 17.0. The van der Waals surface area contributed by atoms with Crippen molar-refractivity contribution < 1.29 is 4.74 Å². The summed E-state index contributed by atoms with van der Waals surface area (Å²) in [6.07, 6.45) is 1.00. The lowest BCUT2D eigenvalue weighted by Crippen LogP contribution is -2.46. The summed E-state index contributed by atoms with van der Waals surface area (Å²) in [7, 11) is 1.81. The van der Waals surface area contributed by atoms with Gasteiger partial charge in [0.15, 0.2) is 0 Å². The van der Waals surface area contributed by atoms with Crippen molar-refractivity contribution >= 4 is 22.5 Å². The maximum absolute atomic E-state index is 11.9. The SMILES string of the molecule is Cc1cc(=O)n(C)c2ccc(OCCCN3CCN(Cc4ccc(Cl)cc4)CC3)cc12. The van der Waals surface area contributed by atoms with E-state index < -0.39 is 0 Å². The smallest absolute Gasteiger partial charge is 0.251 e. The van der Waals surface area contributed by atoms with Gasteiger partial charge in [-0.25, -0.2) is 0 Å². The van der Waals surface area contributed by atoms with Crippen LogP contribution in [-0.4, -0.2) is 53.7 Å². The molecule has 0 aliphatic carbocycles. The Hall–Kier alpha value is -2.34. The number of rotatable bonds is 7. The summed E-state index contributed by atoms with van der Waals surface area (Å²) in [6.45, 7) is 9.07. The van der Waals surface area contributed by atoms with Crippen LogP contribution in [0.1, 0.15) is 17.5 Å². The predicted molar refractivity (Wildman–Crippen MR) is 127 cm³/mol. The molecule has 1 aromatic heterocycles. The Labute approximate surface area is 188 Å². The van der Waals surface area contributed by atoms with Crippen LogP contribution in [0.3, 0.4) is 0 Å². The van der Waals surface area contributed by atoms with Gasteiger partial charge in [0, 0.05) is 62.8 Å². The molecule has 5 nitrogen and oxygen atoms in total. The van der Waals surface area contributed by atoms with Crippen molar-refractivity contribution in [3.8, 4) is 5.75 Å². The minimum absolute atomic E-state index is 0.0203. The van der Waals surface area contributed by atoms with Crippen LogP contribution in [0.4, 0.5) is 0 Å². The molecular formula is C25H30ClN3O2. The van der Waals surface area contributed by atoms with Gasteiger partial charge in [0.25, 0.3) is 5.56 Å². The zero-order valence-corrected chi connectivity index (χ0v) is 19.1. The minimum atomic E-state index is 0.0203. The molecule has 0 amide bonds. The lowest BCUT2D eigenvalue weighted by atomic mass is 10.1. The minimum Gasteiger partial charge on any atom is -0.494 e. The van der Waals surface area contributed by atoms with Crippen molar-refractivity contribution in [3.63, 3.8) is 0 Å². The third kappa shape index (κ3) is 5.48. The van der Waals surface area contributed by atoms with Gasteiger partial charge in [-0.15, -0.1) is 0 Å². The molecule has 0 spiro atoms. The quantitative estimate of drug-likeness (QED) is 0.520. The molecule has 1 aliphatic rings. The van der Waals surface area contributed by atoms with Crippen LogP contribution in [0.2, 0.25) is 5.02 Å². The van der Waals surface area contributed by atoms with Gasteiger partial charge in [-0.05, 0) is 54.8 Å². The molecule has 6 heteroatoms. The van der Waals surface area contributed by atoms with E-state index in [-0.39, 0.29) is 5.56 Å². The number of nitrogens with zero attached hydrogens (tertiary/aromatic N) is 3. The third-order valence-electron chi connectivity index (χ3n) is 6.10. The van der Waals surface area contributed by atoms with E-state index in [0.29, 0.717) is 6.61 Å². The van der Waals surface area contributed by atoms with E-state index in [4.69, 9.17) is 16.3 Å². The molecule has 31 heavy (non-hydrogen) atoms. The average Bonchev–Trinajstić information content (AvgIpc) is 2.78. The van der Waals surface area contributed by atoms with Crippen LogP contribution in [0.15, 0.2) is 53.3 Å². The van der Waals surface area contributed by atoms with Gasteiger partial charge in [0.1, 0.15) is 5.75 Å². The maximum Gasteiger partial charge on any atom is 0.251 e. The van der Waals surface area contributed by atoms with E-state index in [9.17, 15) is 4.79 Å². The number of piperazine rings is 1. The number of halogens is 1. The number of aromatic nitrogens is 1. The van der Waals surface area contributed by atoms with Crippen LogP contribution in [-0.2, 0) is 13.6 Å². The summed E-state index contributed by atoms with van der Waals surface area (Å²) in [5, 5.41) is 1.86. The van der Waals surface area contributed by atoms with Crippen LogP contribution < -0.4 is 10.3 Å². The van der Waals surface area contributed by atoms with Gasteiger partial charge in [-0.3, -0.25) is 9.69 Å². The summed E-state index contributed by atoms with van der Waals surface area (Å²) < 4.78 is 7.68. The van der Waals surface area contributed by atoms with Gasteiger partial charge >= 0.3 is 0 Å². The van der Waals surface area contributed by atoms with Gasteiger partial charge in [-0.1, -0.05) is 23.7 Å². The number of hydrogen-bond acceptors (Lipinski definition) is 4. The van der Waals surface area contributed by atoms with Crippen molar-refractivity contribution in [3.05, 3.63) is 75.0 Å². The standard InChI is InChI=1S/C25H30ClN3O2/c1-19-16-25(30)27(2)24-9-8-22(17-23(19)24)31-15-3-10-28-11-13-29(14-12-28)18-20-4-6-21(26)7-5-20/h4-9,16-17H,3,10-15,18H2,1-2H3. The van der Waals surface area contributed by atoms with E-state index >= 15 is 0 Å². The van der Waals surface area contributed by atoms with Crippen molar-refractivity contribution in [1.29, 1.82) is 0 Å². The number of hydrogen-bond donors (Lipinski definition) is 0. The van der Waals surface area contributed by atoms with E-state index in [1.54, 1.807) is 17.7 Å². The second-order valence-corrected chi connectivity index (χ2v) is 8.79. The number of ether oxygens (including phenoxy) is 1. The Morgan fingerprint density at radius 3 is 2.42 bits per heavy atom. The molecule has 1 saturated heterocycles. The Morgan fingerprint density at radius 2 is 1.68 bits per heavy atom. The molecule has 0 bridgehead atoms. The van der Waals surface area contributed by atoms with E-state index in [1.807, 2.05) is 37.3 Å². The lowest BCUT2D eigenvalue weighted by Gasteiger charge is -2.34. The normalized spacial score (nSPS) is 15.5. The first kappa shape index (κ1) is 21.9. The molecular weight excluding hydrogens is 410 g/mol. The molecule has 0 atom stereocenters. The van der Waals surface area contributed by atoms with Crippen LogP contribution >= 0.6 is 11.6 Å². The monoisotopic (exact) mass is 439 g/mol. The van der Waals surface area contributed by atoms with E-state index in [2.05, 4.69) is 21.9 Å². The Bertz CT molecular complexity index is 1090. The molecule has 1 aliphatic heterocycles. The van der Waals surface area contributed by atoms with Gasteiger partial charge in [0.2, 0.25) is 0 Å². The number of fused-ring (bicyclic) bond motifs is 1. The molecule has 0 radical (unpaired) electrons. The highest BCUT2D eigenvalue weighted by atomic mass is 35.5. The maximum atomic E-state index is 11.9. The average molecular weight is 440 g/mol. The number of benzene rings is 2. The third-order valence-corrected chi connectivity index (χ3v) is 6.35. The van der Waals surface area contributed by atoms with Crippen LogP contribution in [0, 0.1) is 6.92 Å². The highest BCUT2D eigenvalue weighted by Crippen LogP contribution is 2.22. The van der Waals surface area contributed by atoms with Crippen molar-refractivity contribution in [1.82, 2.24) is 14.4 Å². The fraction of sp³-hybridized carbons (Fsp3) is 0.400. The first-order valence-corrected chi connectivity index (χ1v) is 11.3. The highest BCUT2D eigenvalue weighted by Gasteiger charge is 2.16. The Morgan fingerprint density at radius 1 is 0.968 bits per heavy atom. The van der Waals surface area contributed by atoms with Gasteiger partial charge < -0.3 is 14.2 Å². The fourth-order valence-electron chi connectivity index (χ4n) is 4.19. The summed E-state index contributed by atoms with van der Waals surface area (Å²) >= 11 is 5.97. The summed E-state index contributed by atoms with van der Waals surface area (Å²) in [5.41, 5.74) is 3.26. The number of aryl methyl sites for hydroxylation is 2. The zero-order valence-electron chi connectivity index (χ0n) is 18.3. The topological polar surface area (TPSA) is 37.7 Å². The molecule has 2 aromatic carbocycles. The van der Waals surface area contributed by atoms with Crippen molar-refractivity contribution in [2.24, 2.45) is 7.05 Å². The van der Waals surface area contributed by atoms with Crippen molar-refractivity contribution in [2.75, 3.05) is 39.3 Å². The largest absolute Gasteiger partial charge is 0.494 e. The van der Waals surface area contributed by atoms with E-state index in [1.165, 1.54) is 5.56 Å². The van der Waals surface area contributed by atoms with Gasteiger partial charge in [-0.2, -0.15) is 0 Å². The van der Waals surface area contributed by atoms with Crippen molar-refractivity contribution in [2.45, 2.75) is 19.9 Å². The Kier molecular flexibility index (Phi) is 6.96. The Balaban J connectivity index is 1.21. The number of pyridine rings is 1. The molecule has 0 N–H and O–H groups in total. The first-order valence-electron chi connectivity index (χ1n) is 10.9. The molecule has 164 valence electrons. The summed E-state index contributed by atoms with van der Waals surface area (Å²) in [6, 6.07) is 15.8. The molecule has 1 fully saturated rings. The second-order valence-electron chi connectivity index (χ2n) is 8.35. The lowest BCUT2D eigenvalue weighted by molar-refractivity contribution is 0.121. The molecule has 0 unspecified atom stereocenters. The molecule has 2 heterocycles. The molecule has 0 saturated carbocycles.